The molecule has 2 rings (SSSR count). The predicted octanol–water partition coefficient (Wildman–Crippen LogP) is 1.82. The van der Waals surface area contributed by atoms with E-state index >= 15 is 0 Å². The molecule has 0 saturated carbocycles. The SMILES string of the molecule is [2H]C1COC([2H])c2sccc21. The molecule has 0 radical (unpaired) electrons. The first-order chi connectivity index (χ1) is 5.29. The first-order valence-electron chi connectivity index (χ1n) is 3.98. The minimum absolute atomic E-state index is 0.280. The van der Waals surface area contributed by atoms with Crippen molar-refractivity contribution >= 4 is 11.3 Å². The van der Waals surface area contributed by atoms with Crippen molar-refractivity contribution in [2.45, 2.75) is 13.0 Å². The van der Waals surface area contributed by atoms with Gasteiger partial charge in [-0.15, -0.1) is 11.3 Å². The molecule has 2 unspecified atom stereocenters. The van der Waals surface area contributed by atoms with E-state index in [-0.39, 0.29) is 6.40 Å². The van der Waals surface area contributed by atoms with Crippen LogP contribution in [0.3, 0.4) is 0 Å². The van der Waals surface area contributed by atoms with Crippen LogP contribution in [-0.2, 0) is 17.7 Å². The van der Waals surface area contributed by atoms with Crippen molar-refractivity contribution in [1.29, 1.82) is 0 Å². The lowest BCUT2D eigenvalue weighted by Crippen LogP contribution is -2.05. The Morgan fingerprint density at radius 3 is 3.67 bits per heavy atom. The molecule has 0 spiro atoms. The smallest absolute Gasteiger partial charge is 0.0812 e. The maximum Gasteiger partial charge on any atom is 0.0812 e. The standard InChI is InChI=1S/C7H8OS/c1-3-8-5-7-6(1)2-4-9-7/h2,4H,1,3,5H2/i1D,5D. The summed E-state index contributed by atoms with van der Waals surface area (Å²) in [5.41, 5.74) is 0.973. The molecule has 0 saturated heterocycles. The van der Waals surface area contributed by atoms with Gasteiger partial charge in [0.15, 0.2) is 0 Å². The molecule has 9 heavy (non-hydrogen) atoms. The molecule has 1 nitrogen and oxygen atoms in total. The highest BCUT2D eigenvalue weighted by molar-refractivity contribution is 7.10. The Labute approximate surface area is 61.1 Å². The lowest BCUT2D eigenvalue weighted by Gasteiger charge is -2.10. The fourth-order valence-electron chi connectivity index (χ4n) is 0.857. The highest BCUT2D eigenvalue weighted by Gasteiger charge is 2.08. The van der Waals surface area contributed by atoms with E-state index in [1.807, 2.05) is 11.4 Å². The Balaban J connectivity index is 2.43. The average molecular weight is 142 g/mol. The Morgan fingerprint density at radius 1 is 1.78 bits per heavy atom. The lowest BCUT2D eigenvalue weighted by atomic mass is 10.2. The van der Waals surface area contributed by atoms with Crippen LogP contribution in [0.1, 0.15) is 13.2 Å². The molecule has 2 heterocycles. The van der Waals surface area contributed by atoms with Crippen molar-refractivity contribution in [2.24, 2.45) is 0 Å². The van der Waals surface area contributed by atoms with Crippen molar-refractivity contribution in [3.05, 3.63) is 21.9 Å². The predicted molar refractivity (Wildman–Crippen MR) is 37.7 cm³/mol. The third-order valence-electron chi connectivity index (χ3n) is 1.32. The van der Waals surface area contributed by atoms with Gasteiger partial charge in [-0.05, 0) is 23.4 Å². The van der Waals surface area contributed by atoms with Crippen molar-refractivity contribution < 1.29 is 7.48 Å². The second-order valence-corrected chi connectivity index (χ2v) is 2.84. The zero-order valence-corrected chi connectivity index (χ0v) is 5.65. The van der Waals surface area contributed by atoms with Crippen molar-refractivity contribution in [3.63, 3.8) is 0 Å². The van der Waals surface area contributed by atoms with Gasteiger partial charge in [-0.3, -0.25) is 0 Å². The highest BCUT2D eigenvalue weighted by Crippen LogP contribution is 2.21. The van der Waals surface area contributed by atoms with Gasteiger partial charge in [-0.25, -0.2) is 0 Å². The van der Waals surface area contributed by atoms with Crippen LogP contribution in [0.4, 0.5) is 0 Å². The van der Waals surface area contributed by atoms with Gasteiger partial charge >= 0.3 is 0 Å². The summed E-state index contributed by atoms with van der Waals surface area (Å²) in [5, 5.41) is 1.92. The first-order valence-corrected chi connectivity index (χ1v) is 3.70. The molecule has 1 aliphatic rings. The zero-order valence-electron chi connectivity index (χ0n) is 6.83. The Bertz CT molecular complexity index is 236. The molecule has 0 bridgehead atoms. The van der Waals surface area contributed by atoms with Gasteiger partial charge in [0.05, 0.1) is 14.6 Å². The molecule has 1 aromatic heterocycles. The monoisotopic (exact) mass is 142 g/mol. The fraction of sp³-hybridized carbons (Fsp3) is 0.429. The van der Waals surface area contributed by atoms with Crippen LogP contribution >= 0.6 is 11.3 Å². The minimum atomic E-state index is -0.549. The largest absolute Gasteiger partial charge is 0.376 e. The first kappa shape index (κ1) is 3.74. The second kappa shape index (κ2) is 2.12. The van der Waals surface area contributed by atoms with Crippen LogP contribution in [0.25, 0.3) is 0 Å². The molecule has 0 aromatic carbocycles. The third kappa shape index (κ3) is 0.884. The molecule has 48 valence electrons. The normalized spacial score (nSPS) is 36.9. The maximum atomic E-state index is 7.56. The third-order valence-corrected chi connectivity index (χ3v) is 2.17. The molecule has 0 aliphatic carbocycles. The van der Waals surface area contributed by atoms with Gasteiger partial charge in [0, 0.05) is 6.25 Å². The number of fused-ring (bicyclic) bond motifs is 1. The molecule has 2 atom stereocenters. The van der Waals surface area contributed by atoms with Crippen molar-refractivity contribution in [3.8, 4) is 0 Å². The van der Waals surface area contributed by atoms with E-state index in [4.69, 9.17) is 7.48 Å². The van der Waals surface area contributed by atoms with Crippen LogP contribution in [0.2, 0.25) is 0 Å². The van der Waals surface area contributed by atoms with Gasteiger partial charge in [-0.1, -0.05) is 0 Å². The van der Waals surface area contributed by atoms with Crippen LogP contribution in [0.5, 0.6) is 0 Å². The molecular weight excluding hydrogens is 132 g/mol. The number of thiophene rings is 1. The molecular formula is C7H8OS. The Kier molecular flexibility index (Phi) is 0.880. The quantitative estimate of drug-likeness (QED) is 0.537. The summed E-state index contributed by atoms with van der Waals surface area (Å²) in [6.45, 7) is -0.190. The summed E-state index contributed by atoms with van der Waals surface area (Å²) in [7, 11) is 0. The minimum Gasteiger partial charge on any atom is -0.376 e. The second-order valence-electron chi connectivity index (χ2n) is 1.90. The van der Waals surface area contributed by atoms with E-state index < -0.39 is 6.58 Å². The van der Waals surface area contributed by atoms with E-state index in [2.05, 4.69) is 0 Å². The Morgan fingerprint density at radius 2 is 2.78 bits per heavy atom. The summed E-state index contributed by atoms with van der Waals surface area (Å²) >= 11 is 1.50. The van der Waals surface area contributed by atoms with Gasteiger partial charge in [0.1, 0.15) is 0 Å². The van der Waals surface area contributed by atoms with E-state index in [0.29, 0.717) is 6.61 Å². The highest BCUT2D eigenvalue weighted by atomic mass is 32.1. The van der Waals surface area contributed by atoms with Crippen molar-refractivity contribution in [1.82, 2.24) is 0 Å². The number of hydrogen-bond acceptors (Lipinski definition) is 2. The van der Waals surface area contributed by atoms with Gasteiger partial charge < -0.3 is 4.74 Å². The van der Waals surface area contributed by atoms with E-state index in [9.17, 15) is 0 Å². The van der Waals surface area contributed by atoms with Crippen LogP contribution in [-0.4, -0.2) is 6.61 Å². The maximum absolute atomic E-state index is 7.56. The van der Waals surface area contributed by atoms with E-state index in [1.54, 1.807) is 0 Å². The van der Waals surface area contributed by atoms with Crippen LogP contribution in [0.15, 0.2) is 11.4 Å². The van der Waals surface area contributed by atoms with E-state index in [1.165, 1.54) is 11.3 Å². The average Bonchev–Trinajstić information content (AvgIpc) is 2.45. The van der Waals surface area contributed by atoms with Gasteiger partial charge in [0.2, 0.25) is 0 Å². The molecule has 2 heteroatoms. The van der Waals surface area contributed by atoms with Crippen LogP contribution < -0.4 is 0 Å². The van der Waals surface area contributed by atoms with Gasteiger partial charge in [0.25, 0.3) is 0 Å². The fourth-order valence-corrected chi connectivity index (χ4v) is 1.63. The summed E-state index contributed by atoms with van der Waals surface area (Å²) in [6.07, 6.45) is -0.280. The lowest BCUT2D eigenvalue weighted by molar-refractivity contribution is 0.113. The van der Waals surface area contributed by atoms with Crippen molar-refractivity contribution in [2.75, 3.05) is 6.61 Å². The topological polar surface area (TPSA) is 9.23 Å². The molecule has 0 N–H and O–H groups in total. The molecule has 1 aromatic rings. The summed E-state index contributed by atoms with van der Waals surface area (Å²) < 4.78 is 20.1. The number of rotatable bonds is 0. The van der Waals surface area contributed by atoms with Gasteiger partial charge in [-0.2, -0.15) is 0 Å². The summed E-state index contributed by atoms with van der Waals surface area (Å²) in [6, 6.07) is 1.92. The molecule has 0 amide bonds. The number of ether oxygens (including phenoxy) is 1. The van der Waals surface area contributed by atoms with Crippen LogP contribution in [0, 0.1) is 0 Å². The molecule has 1 aliphatic heterocycles. The molecule has 0 fully saturated rings. The summed E-state index contributed by atoms with van der Waals surface area (Å²) in [5.74, 6) is 0. The Hall–Kier alpha value is -0.340. The summed E-state index contributed by atoms with van der Waals surface area (Å²) in [4.78, 5) is 0.899. The number of hydrogen-bond donors (Lipinski definition) is 0. The zero-order chi connectivity index (χ0) is 7.84. The van der Waals surface area contributed by atoms with E-state index in [0.717, 1.165) is 10.4 Å².